The summed E-state index contributed by atoms with van der Waals surface area (Å²) in [5.74, 6) is -1.15. The number of rotatable bonds is 5. The third kappa shape index (κ3) is 2.54. The van der Waals surface area contributed by atoms with Crippen molar-refractivity contribution in [1.29, 1.82) is 0 Å². The maximum absolute atomic E-state index is 12.3. The second-order valence-corrected chi connectivity index (χ2v) is 6.16. The average molecular weight is 273 g/mol. The van der Waals surface area contributed by atoms with Crippen LogP contribution >= 0.6 is 0 Å². The average Bonchev–Trinajstić information content (AvgIpc) is 2.98. The van der Waals surface area contributed by atoms with Gasteiger partial charge in [-0.1, -0.05) is 12.8 Å². The predicted octanol–water partition coefficient (Wildman–Crippen LogP) is 0.428. The molecule has 1 aromatic rings. The molecule has 2 rings (SSSR count). The number of aromatic amines is 1. The molecular weight excluding hydrogens is 258 g/mol. The normalized spacial score (nSPS) is 17.4. The van der Waals surface area contributed by atoms with Crippen LogP contribution < -0.4 is 0 Å². The second kappa shape index (κ2) is 5.07. The van der Waals surface area contributed by atoms with Crippen LogP contribution in [0.4, 0.5) is 0 Å². The van der Waals surface area contributed by atoms with Gasteiger partial charge in [0.05, 0.1) is 12.5 Å². The number of carboxylic acids is 1. The van der Waals surface area contributed by atoms with Crippen LogP contribution in [0.2, 0.25) is 0 Å². The molecule has 1 aromatic heterocycles. The molecule has 0 spiro atoms. The highest BCUT2D eigenvalue weighted by atomic mass is 32.2. The number of hydrogen-bond acceptors (Lipinski definition) is 4. The van der Waals surface area contributed by atoms with E-state index >= 15 is 0 Å². The van der Waals surface area contributed by atoms with Gasteiger partial charge in [0.2, 0.25) is 0 Å². The lowest BCUT2D eigenvalue weighted by Gasteiger charge is -2.25. The van der Waals surface area contributed by atoms with Crippen molar-refractivity contribution < 1.29 is 18.3 Å². The lowest BCUT2D eigenvalue weighted by Crippen LogP contribution is -2.42. The SMILES string of the molecule is O=C(O)CN(C1CCCC1)S(=O)(=O)c1cnc[nH]1. The zero-order valence-electron chi connectivity index (χ0n) is 9.74. The molecule has 0 saturated heterocycles. The molecule has 1 fully saturated rings. The third-order valence-corrected chi connectivity index (χ3v) is 4.91. The number of sulfonamides is 1. The van der Waals surface area contributed by atoms with Gasteiger partial charge in [-0.05, 0) is 12.8 Å². The topological polar surface area (TPSA) is 103 Å². The van der Waals surface area contributed by atoms with E-state index in [1.807, 2.05) is 0 Å². The Hall–Kier alpha value is -1.41. The van der Waals surface area contributed by atoms with Gasteiger partial charge in [-0.15, -0.1) is 0 Å². The van der Waals surface area contributed by atoms with Gasteiger partial charge >= 0.3 is 5.97 Å². The number of aliphatic carboxylic acids is 1. The Bertz CT molecular complexity index is 505. The van der Waals surface area contributed by atoms with Gasteiger partial charge in [0.1, 0.15) is 6.54 Å². The molecule has 100 valence electrons. The van der Waals surface area contributed by atoms with Crippen molar-refractivity contribution >= 4 is 16.0 Å². The molecule has 0 aromatic carbocycles. The number of carbonyl (C=O) groups is 1. The van der Waals surface area contributed by atoms with Crippen LogP contribution in [0.1, 0.15) is 25.7 Å². The van der Waals surface area contributed by atoms with Crippen molar-refractivity contribution in [1.82, 2.24) is 14.3 Å². The summed E-state index contributed by atoms with van der Waals surface area (Å²) in [6, 6.07) is -0.227. The van der Waals surface area contributed by atoms with Crippen LogP contribution in [0.25, 0.3) is 0 Å². The summed E-state index contributed by atoms with van der Waals surface area (Å²) >= 11 is 0. The van der Waals surface area contributed by atoms with Crippen molar-refractivity contribution in [3.63, 3.8) is 0 Å². The summed E-state index contributed by atoms with van der Waals surface area (Å²) < 4.78 is 25.7. The molecule has 1 heterocycles. The summed E-state index contributed by atoms with van der Waals surface area (Å²) in [5.41, 5.74) is 0. The minimum atomic E-state index is -3.80. The summed E-state index contributed by atoms with van der Waals surface area (Å²) in [6.45, 7) is -0.508. The minimum absolute atomic E-state index is 0.0596. The lowest BCUT2D eigenvalue weighted by atomic mass is 10.2. The first kappa shape index (κ1) is 13.0. The summed E-state index contributed by atoms with van der Waals surface area (Å²) in [5, 5.41) is 8.81. The number of imidazole rings is 1. The van der Waals surface area contributed by atoms with E-state index < -0.39 is 22.5 Å². The molecule has 1 aliphatic rings. The molecule has 0 aliphatic heterocycles. The van der Waals surface area contributed by atoms with Gasteiger partial charge < -0.3 is 10.1 Å². The minimum Gasteiger partial charge on any atom is -0.480 e. The first-order valence-corrected chi connectivity index (χ1v) is 7.18. The Balaban J connectivity index is 2.30. The van der Waals surface area contributed by atoms with E-state index in [0.717, 1.165) is 17.1 Å². The first-order chi connectivity index (χ1) is 8.51. The van der Waals surface area contributed by atoms with Crippen LogP contribution in [0.5, 0.6) is 0 Å². The Morgan fingerprint density at radius 1 is 1.50 bits per heavy atom. The Morgan fingerprint density at radius 3 is 2.67 bits per heavy atom. The molecule has 7 nitrogen and oxygen atoms in total. The highest BCUT2D eigenvalue weighted by Gasteiger charge is 2.35. The van der Waals surface area contributed by atoms with Crippen LogP contribution in [-0.4, -0.2) is 46.4 Å². The Labute approximate surface area is 105 Å². The van der Waals surface area contributed by atoms with Crippen molar-refractivity contribution in [2.24, 2.45) is 0 Å². The van der Waals surface area contributed by atoms with Gasteiger partial charge in [0.15, 0.2) is 5.03 Å². The van der Waals surface area contributed by atoms with Crippen molar-refractivity contribution in [3.8, 4) is 0 Å². The predicted molar refractivity (Wildman–Crippen MR) is 62.4 cm³/mol. The number of aromatic nitrogens is 2. The van der Waals surface area contributed by atoms with Gasteiger partial charge in [-0.3, -0.25) is 4.79 Å². The summed E-state index contributed by atoms with van der Waals surface area (Å²) in [4.78, 5) is 17.0. The smallest absolute Gasteiger partial charge is 0.318 e. The molecule has 0 atom stereocenters. The maximum atomic E-state index is 12.3. The molecule has 1 aliphatic carbocycles. The van der Waals surface area contributed by atoms with Crippen LogP contribution in [-0.2, 0) is 14.8 Å². The third-order valence-electron chi connectivity index (χ3n) is 3.08. The van der Waals surface area contributed by atoms with E-state index in [-0.39, 0.29) is 11.1 Å². The van der Waals surface area contributed by atoms with Crippen molar-refractivity contribution in [2.45, 2.75) is 36.8 Å². The van der Waals surface area contributed by atoms with Crippen LogP contribution in [0.3, 0.4) is 0 Å². The Morgan fingerprint density at radius 2 is 2.17 bits per heavy atom. The fraction of sp³-hybridized carbons (Fsp3) is 0.600. The molecular formula is C10H15N3O4S. The van der Waals surface area contributed by atoms with Crippen molar-refractivity contribution in [3.05, 3.63) is 12.5 Å². The number of hydrogen-bond donors (Lipinski definition) is 2. The number of nitrogens with zero attached hydrogens (tertiary/aromatic N) is 2. The zero-order chi connectivity index (χ0) is 13.2. The van der Waals surface area contributed by atoms with Gasteiger partial charge in [0.25, 0.3) is 10.0 Å². The molecule has 0 bridgehead atoms. The summed E-state index contributed by atoms with van der Waals surface area (Å²) in [6.07, 6.45) is 5.74. The van der Waals surface area contributed by atoms with Crippen molar-refractivity contribution in [2.75, 3.05) is 6.54 Å². The molecule has 2 N–H and O–H groups in total. The van der Waals surface area contributed by atoms with E-state index in [2.05, 4.69) is 9.97 Å². The number of H-pyrrole nitrogens is 1. The highest BCUT2D eigenvalue weighted by Crippen LogP contribution is 2.27. The summed E-state index contributed by atoms with van der Waals surface area (Å²) in [7, 11) is -3.80. The van der Waals surface area contributed by atoms with E-state index in [1.165, 1.54) is 12.5 Å². The lowest BCUT2D eigenvalue weighted by molar-refractivity contribution is -0.137. The van der Waals surface area contributed by atoms with Crippen LogP contribution in [0, 0.1) is 0 Å². The zero-order valence-corrected chi connectivity index (χ0v) is 10.6. The molecule has 0 amide bonds. The van der Waals surface area contributed by atoms with Gasteiger partial charge in [0, 0.05) is 6.04 Å². The second-order valence-electron chi connectivity index (χ2n) is 4.30. The molecule has 0 radical (unpaired) electrons. The van der Waals surface area contributed by atoms with Crippen LogP contribution in [0.15, 0.2) is 17.6 Å². The Kier molecular flexibility index (Phi) is 3.67. The maximum Gasteiger partial charge on any atom is 0.318 e. The van der Waals surface area contributed by atoms with E-state index in [4.69, 9.17) is 5.11 Å². The fourth-order valence-corrected chi connectivity index (χ4v) is 3.78. The van der Waals surface area contributed by atoms with Gasteiger partial charge in [-0.2, -0.15) is 4.31 Å². The monoisotopic (exact) mass is 273 g/mol. The largest absolute Gasteiger partial charge is 0.480 e. The van der Waals surface area contributed by atoms with Gasteiger partial charge in [-0.25, -0.2) is 13.4 Å². The quantitative estimate of drug-likeness (QED) is 0.809. The molecule has 8 heteroatoms. The molecule has 0 unspecified atom stereocenters. The number of nitrogens with one attached hydrogen (secondary N) is 1. The first-order valence-electron chi connectivity index (χ1n) is 5.74. The highest BCUT2D eigenvalue weighted by molar-refractivity contribution is 7.89. The standard InChI is InChI=1S/C10H15N3O4S/c14-10(15)6-13(8-3-1-2-4-8)18(16,17)9-5-11-7-12-9/h5,7-8H,1-4,6H2,(H,11,12)(H,14,15). The van der Waals surface area contributed by atoms with E-state index in [9.17, 15) is 13.2 Å². The number of carboxylic acid groups (broad SMARTS) is 1. The van der Waals surface area contributed by atoms with E-state index in [0.29, 0.717) is 12.8 Å². The molecule has 18 heavy (non-hydrogen) atoms. The fourth-order valence-electron chi connectivity index (χ4n) is 2.25. The van der Waals surface area contributed by atoms with E-state index in [1.54, 1.807) is 0 Å². The molecule has 1 saturated carbocycles.